The summed E-state index contributed by atoms with van der Waals surface area (Å²) in [4.78, 5) is 15.9. The molecule has 0 aliphatic carbocycles. The number of nitrogens with zero attached hydrogens (tertiary/aromatic N) is 2. The molecule has 2 amide bonds. The number of anilines is 2. The van der Waals surface area contributed by atoms with Crippen molar-refractivity contribution in [2.75, 3.05) is 37.4 Å². The minimum Gasteiger partial charge on any atom is -0.391 e. The molecule has 1 aromatic carbocycles. The van der Waals surface area contributed by atoms with E-state index in [2.05, 4.69) is 5.32 Å². The van der Waals surface area contributed by atoms with Crippen molar-refractivity contribution in [3.05, 3.63) is 23.8 Å². The number of likely N-dealkylation sites (tertiary alicyclic amines) is 1. The maximum Gasteiger partial charge on any atom is 0.321 e. The van der Waals surface area contributed by atoms with Gasteiger partial charge in [0.25, 0.3) is 0 Å². The van der Waals surface area contributed by atoms with Crippen molar-refractivity contribution in [1.29, 1.82) is 0 Å². The number of carbonyl (C=O) groups excluding carboxylic acids is 1. The molecule has 2 rings (SSSR count). The van der Waals surface area contributed by atoms with E-state index < -0.39 is 6.10 Å². The van der Waals surface area contributed by atoms with Gasteiger partial charge in [-0.05, 0) is 43.5 Å². The van der Waals surface area contributed by atoms with E-state index in [9.17, 15) is 9.90 Å². The second kappa shape index (κ2) is 6.13. The lowest BCUT2D eigenvalue weighted by atomic mass is 10.1. The number of aliphatic hydroxyl groups excluding tert-OH is 1. The third-order valence-corrected chi connectivity index (χ3v) is 3.65. The van der Waals surface area contributed by atoms with E-state index in [0.717, 1.165) is 29.8 Å². The minimum atomic E-state index is -0.397. The predicted molar refractivity (Wildman–Crippen MR) is 81.3 cm³/mol. The lowest BCUT2D eigenvalue weighted by Gasteiger charge is -2.30. The van der Waals surface area contributed by atoms with Crippen LogP contribution in [0.25, 0.3) is 0 Å². The summed E-state index contributed by atoms with van der Waals surface area (Å²) in [6.07, 6.45) is 1.24. The third-order valence-electron chi connectivity index (χ3n) is 3.65. The lowest BCUT2D eigenvalue weighted by molar-refractivity contribution is 0.0883. The molecule has 0 bridgehead atoms. The van der Waals surface area contributed by atoms with Crippen LogP contribution in [0.3, 0.4) is 0 Å². The van der Waals surface area contributed by atoms with Crippen molar-refractivity contribution in [3.63, 3.8) is 0 Å². The Hall–Kier alpha value is -1.75. The highest BCUT2D eigenvalue weighted by molar-refractivity contribution is 5.90. The maximum atomic E-state index is 12.2. The highest BCUT2D eigenvalue weighted by Crippen LogP contribution is 2.22. The van der Waals surface area contributed by atoms with Gasteiger partial charge in [0, 0.05) is 38.6 Å². The Morgan fingerprint density at radius 1 is 1.45 bits per heavy atom. The first-order chi connectivity index (χ1) is 9.47. The highest BCUT2D eigenvalue weighted by Gasteiger charge is 2.22. The van der Waals surface area contributed by atoms with E-state index in [4.69, 9.17) is 0 Å². The van der Waals surface area contributed by atoms with Crippen LogP contribution in [0.4, 0.5) is 16.2 Å². The topological polar surface area (TPSA) is 55.8 Å². The zero-order valence-corrected chi connectivity index (χ0v) is 12.4. The molecule has 1 fully saturated rings. The van der Waals surface area contributed by atoms with E-state index in [-0.39, 0.29) is 6.03 Å². The molecule has 1 aromatic rings. The van der Waals surface area contributed by atoms with Crippen LogP contribution in [0.15, 0.2) is 18.2 Å². The van der Waals surface area contributed by atoms with Gasteiger partial charge in [-0.1, -0.05) is 0 Å². The van der Waals surface area contributed by atoms with Gasteiger partial charge in [-0.3, -0.25) is 0 Å². The number of benzene rings is 1. The van der Waals surface area contributed by atoms with Gasteiger partial charge in [-0.2, -0.15) is 0 Å². The summed E-state index contributed by atoms with van der Waals surface area (Å²) >= 11 is 0. The Kier molecular flexibility index (Phi) is 4.49. The lowest BCUT2D eigenvalue weighted by Crippen LogP contribution is -2.44. The summed E-state index contributed by atoms with van der Waals surface area (Å²) in [6.45, 7) is 3.10. The number of β-amino-alcohol motifs (C(OH)–C–C–N with tert-alkyl or cyclic N) is 1. The summed E-state index contributed by atoms with van der Waals surface area (Å²) in [5.41, 5.74) is 2.96. The van der Waals surface area contributed by atoms with Gasteiger partial charge in [-0.15, -0.1) is 0 Å². The first-order valence-corrected chi connectivity index (χ1v) is 6.99. The number of aliphatic hydroxyl groups is 1. The van der Waals surface area contributed by atoms with E-state index in [1.807, 2.05) is 44.1 Å². The van der Waals surface area contributed by atoms with Crippen LogP contribution in [0.2, 0.25) is 0 Å². The Balaban J connectivity index is 2.04. The Morgan fingerprint density at radius 2 is 2.20 bits per heavy atom. The fraction of sp³-hybridized carbons (Fsp3) is 0.533. The quantitative estimate of drug-likeness (QED) is 0.870. The molecule has 5 nitrogen and oxygen atoms in total. The summed E-state index contributed by atoms with van der Waals surface area (Å²) in [7, 11) is 3.98. The molecule has 0 saturated carbocycles. The van der Waals surface area contributed by atoms with Gasteiger partial charge < -0.3 is 20.2 Å². The molecule has 1 saturated heterocycles. The molecular formula is C15H23N3O2. The number of nitrogens with one attached hydrogen (secondary N) is 1. The normalized spacial score (nSPS) is 18.8. The van der Waals surface area contributed by atoms with Crippen LogP contribution in [0, 0.1) is 6.92 Å². The van der Waals surface area contributed by atoms with Gasteiger partial charge in [0.05, 0.1) is 6.10 Å². The Morgan fingerprint density at radius 3 is 2.80 bits per heavy atom. The van der Waals surface area contributed by atoms with E-state index in [1.54, 1.807) is 4.90 Å². The number of rotatable bonds is 2. The van der Waals surface area contributed by atoms with Crippen molar-refractivity contribution in [1.82, 2.24) is 4.90 Å². The molecule has 110 valence electrons. The number of aryl methyl sites for hydroxylation is 1. The smallest absolute Gasteiger partial charge is 0.321 e. The average Bonchev–Trinajstić information content (AvgIpc) is 2.40. The third kappa shape index (κ3) is 3.42. The van der Waals surface area contributed by atoms with Gasteiger partial charge in [0.1, 0.15) is 0 Å². The van der Waals surface area contributed by atoms with Gasteiger partial charge in [0.15, 0.2) is 0 Å². The summed E-state index contributed by atoms with van der Waals surface area (Å²) in [5.74, 6) is 0. The molecule has 1 heterocycles. The zero-order chi connectivity index (χ0) is 14.7. The predicted octanol–water partition coefficient (Wildman–Crippen LogP) is 2.05. The molecule has 5 heteroatoms. The molecule has 1 aliphatic rings. The van der Waals surface area contributed by atoms with Crippen molar-refractivity contribution in [2.45, 2.75) is 25.9 Å². The van der Waals surface area contributed by atoms with Crippen LogP contribution in [-0.4, -0.2) is 49.3 Å². The SMILES string of the molecule is Cc1cc(N(C)C)ccc1NC(=O)N1CCCC(O)C1. The first-order valence-electron chi connectivity index (χ1n) is 6.99. The summed E-state index contributed by atoms with van der Waals surface area (Å²) in [6, 6.07) is 5.81. The van der Waals surface area contributed by atoms with Crippen LogP contribution in [0.1, 0.15) is 18.4 Å². The molecule has 1 unspecified atom stereocenters. The molecule has 20 heavy (non-hydrogen) atoms. The Labute approximate surface area is 120 Å². The molecule has 0 radical (unpaired) electrons. The van der Waals surface area contributed by atoms with Crippen LogP contribution < -0.4 is 10.2 Å². The van der Waals surface area contributed by atoms with Crippen LogP contribution in [-0.2, 0) is 0 Å². The Bertz CT molecular complexity index is 488. The fourth-order valence-corrected chi connectivity index (χ4v) is 2.40. The van der Waals surface area contributed by atoms with Gasteiger partial charge >= 0.3 is 6.03 Å². The monoisotopic (exact) mass is 277 g/mol. The number of hydrogen-bond donors (Lipinski definition) is 2. The van der Waals surface area contributed by atoms with E-state index in [1.165, 1.54) is 0 Å². The number of amides is 2. The second-order valence-electron chi connectivity index (χ2n) is 5.57. The molecule has 1 aliphatic heterocycles. The summed E-state index contributed by atoms with van der Waals surface area (Å²) in [5, 5.41) is 12.5. The van der Waals surface area contributed by atoms with Gasteiger partial charge in [0.2, 0.25) is 0 Å². The number of urea groups is 1. The largest absolute Gasteiger partial charge is 0.391 e. The molecule has 0 spiro atoms. The van der Waals surface area contributed by atoms with Crippen LogP contribution in [0.5, 0.6) is 0 Å². The molecule has 1 atom stereocenters. The van der Waals surface area contributed by atoms with Gasteiger partial charge in [-0.25, -0.2) is 4.79 Å². The van der Waals surface area contributed by atoms with E-state index in [0.29, 0.717) is 13.1 Å². The highest BCUT2D eigenvalue weighted by atomic mass is 16.3. The first kappa shape index (κ1) is 14.7. The number of hydrogen-bond acceptors (Lipinski definition) is 3. The summed E-state index contributed by atoms with van der Waals surface area (Å²) < 4.78 is 0. The molecular weight excluding hydrogens is 254 g/mol. The molecule has 2 N–H and O–H groups in total. The minimum absolute atomic E-state index is 0.135. The van der Waals surface area contributed by atoms with Crippen molar-refractivity contribution < 1.29 is 9.90 Å². The fourth-order valence-electron chi connectivity index (χ4n) is 2.40. The molecule has 0 aromatic heterocycles. The van der Waals surface area contributed by atoms with E-state index >= 15 is 0 Å². The zero-order valence-electron chi connectivity index (χ0n) is 12.4. The number of carbonyl (C=O) groups is 1. The average molecular weight is 277 g/mol. The standard InChI is InChI=1S/C15H23N3O2/c1-11-9-12(17(2)3)6-7-14(11)16-15(20)18-8-4-5-13(19)10-18/h6-7,9,13,19H,4-5,8,10H2,1-3H3,(H,16,20). The van der Waals surface area contributed by atoms with Crippen molar-refractivity contribution in [2.24, 2.45) is 0 Å². The van der Waals surface area contributed by atoms with Crippen molar-refractivity contribution >= 4 is 17.4 Å². The van der Waals surface area contributed by atoms with Crippen LogP contribution >= 0.6 is 0 Å². The maximum absolute atomic E-state index is 12.2. The van der Waals surface area contributed by atoms with Crippen molar-refractivity contribution in [3.8, 4) is 0 Å². The number of piperidine rings is 1. The second-order valence-corrected chi connectivity index (χ2v) is 5.57.